The minimum Gasteiger partial charge on any atom is -0.498 e. The summed E-state index contributed by atoms with van der Waals surface area (Å²) in [6.45, 7) is 20.6. The molecule has 0 saturated heterocycles. The molecule has 8 nitrogen and oxygen atoms in total. The molecule has 0 radical (unpaired) electrons. The lowest BCUT2D eigenvalue weighted by atomic mass is 10.0. The van der Waals surface area contributed by atoms with E-state index in [4.69, 9.17) is 23.4 Å². The molecule has 0 aliphatic heterocycles. The van der Waals surface area contributed by atoms with Crippen molar-refractivity contribution in [3.05, 3.63) is 171 Å². The van der Waals surface area contributed by atoms with Crippen LogP contribution >= 0.6 is 0 Å². The quantitative estimate of drug-likeness (QED) is 0.0211. The summed E-state index contributed by atoms with van der Waals surface area (Å²) in [5.74, 6) is -0.509. The summed E-state index contributed by atoms with van der Waals surface area (Å²) in [5.41, 5.74) is 0. The van der Waals surface area contributed by atoms with Gasteiger partial charge in [0, 0.05) is 12.8 Å². The summed E-state index contributed by atoms with van der Waals surface area (Å²) < 4.78 is 28.9. The Morgan fingerprint density at radius 3 is 0.866 bits per heavy atom. The van der Waals surface area contributed by atoms with E-state index in [9.17, 15) is 14.7 Å². The molecule has 0 aliphatic carbocycles. The Balaban J connectivity index is 0. The van der Waals surface area contributed by atoms with E-state index in [0.717, 1.165) is 89.9 Å². The number of unbranched alkanes of at least 4 members (excludes halogenated alkanes) is 24. The molecule has 2 atom stereocenters. The van der Waals surface area contributed by atoms with Crippen molar-refractivity contribution in [2.75, 3.05) is 26.4 Å². The van der Waals surface area contributed by atoms with Gasteiger partial charge in [0.25, 0.3) is 0 Å². The third-order valence-corrected chi connectivity index (χ3v) is 21.4. The molecule has 0 fully saturated rings. The maximum Gasteiger partial charge on any atom is 0.306 e. The maximum absolute atomic E-state index is 12.7. The summed E-state index contributed by atoms with van der Waals surface area (Å²) in [6, 6.07) is 0. The van der Waals surface area contributed by atoms with E-state index in [-0.39, 0.29) is 30.2 Å². The Hall–Kier alpha value is -4.96. The van der Waals surface area contributed by atoms with Crippen LogP contribution in [0.25, 0.3) is 0 Å². The monoisotopic (exact) mass is 1360 g/mol. The highest BCUT2D eigenvalue weighted by atomic mass is 28.4. The fraction of sp³-hybridized carbons (Fsp3) is 0.659. The summed E-state index contributed by atoms with van der Waals surface area (Å²) in [7, 11) is -1.97. The first-order valence-electron chi connectivity index (χ1n) is 39.3. The van der Waals surface area contributed by atoms with E-state index < -0.39 is 20.5 Å². The van der Waals surface area contributed by atoms with Gasteiger partial charge in [-0.25, -0.2) is 0 Å². The zero-order chi connectivity index (χ0) is 71.2. The molecule has 0 aromatic rings. The van der Waals surface area contributed by atoms with Crippen molar-refractivity contribution in [1.82, 2.24) is 0 Å². The number of hydrogen-bond acceptors (Lipinski definition) is 8. The van der Waals surface area contributed by atoms with Crippen LogP contribution in [0.3, 0.4) is 0 Å². The number of ether oxygens (including phenoxy) is 4. The summed E-state index contributed by atoms with van der Waals surface area (Å²) in [4.78, 5) is 24.8. The van der Waals surface area contributed by atoms with Crippen LogP contribution < -0.4 is 0 Å². The largest absolute Gasteiger partial charge is 0.498 e. The van der Waals surface area contributed by atoms with Gasteiger partial charge in [-0.05, 0) is 146 Å². The zero-order valence-corrected chi connectivity index (χ0v) is 65.2. The van der Waals surface area contributed by atoms with Crippen LogP contribution in [0.1, 0.15) is 318 Å². The molecule has 1 N–H and O–H groups in total. The molecular weight excluding hydrogens is 1210 g/mol. The van der Waals surface area contributed by atoms with Crippen molar-refractivity contribution in [3.63, 3.8) is 0 Å². The highest BCUT2D eigenvalue weighted by molar-refractivity contribution is 6.74. The molecule has 0 rings (SSSR count). The van der Waals surface area contributed by atoms with Crippen molar-refractivity contribution in [2.24, 2.45) is 0 Å². The zero-order valence-electron chi connectivity index (χ0n) is 64.2. The standard InChI is InChI=1S/C47H82O4Si.C41H68O4/c1-8-10-12-14-16-18-20-22-24-25-26-27-28-29-31-33-35-37-39-41-46(48)51-45(44-50-52(6,7)47(3,4)5)43-49-42-40-38-36-34-32-30-23-21-19-17-15-13-11-9-2;1-3-5-7-9-11-13-15-17-19-20-21-22-23-24-26-28-30-32-34-36-41(43)45-40(38-42)39-44-37-35-33-31-29-27-25-18-16-14-12-10-8-6-4-2/h10,12,16,18,22,24,26-27,29,31,35,37,40,42,45H,8-9,11,13-15,17,19-21,23,25,28,30,32-34,36,38-39,41,43-44H2,1-7H3;5,7,11,13,17,19,21-22,24,26,30,32,35,37,40,42H,3-4,6,8-10,12,14-16,18,20,23,25,27-29,31,33-34,36,38-39H2,1-2H3/b12-10-,18-16-,24-22-,27-26-,31-29-,37-35-,42-40-;7-5-,13-11-,19-17-,22-21-,26-24-,32-30-,37-35-. The SMILES string of the molecule is CC/C=C\C/C=C\C/C=C\C/C=C\C/C=C\C/C=C\CCC(=O)OC(CO)CO/C=C\CCCCCCCCCCCCCC.CC/C=C\C/C=C\C/C=C\C/C=C\C/C=C\C/C=C\CCC(=O)OC(CO/C=C\CCCCCCCCCCCCCC)CO[Si](C)(C)C(C)(C)C. The van der Waals surface area contributed by atoms with E-state index in [1.807, 2.05) is 12.2 Å². The highest BCUT2D eigenvalue weighted by Crippen LogP contribution is 2.36. The Morgan fingerprint density at radius 2 is 0.588 bits per heavy atom. The molecule has 9 heteroatoms. The Bertz CT molecular complexity index is 2160. The third-order valence-electron chi connectivity index (χ3n) is 16.9. The van der Waals surface area contributed by atoms with Crippen LogP contribution in [-0.4, -0.2) is 64.0 Å². The molecule has 0 saturated carbocycles. The molecule has 0 aliphatic rings. The second kappa shape index (κ2) is 76.8. The number of allylic oxidation sites excluding steroid dienone is 26. The molecule has 0 heterocycles. The molecular formula is C88H150O8Si. The minimum absolute atomic E-state index is 0.0898. The lowest BCUT2D eigenvalue weighted by molar-refractivity contribution is -0.154. The van der Waals surface area contributed by atoms with Crippen LogP contribution in [-0.2, 0) is 33.0 Å². The van der Waals surface area contributed by atoms with E-state index in [0.29, 0.717) is 38.9 Å². The average molecular weight is 1360 g/mol. The molecule has 0 bridgehead atoms. The lowest BCUT2D eigenvalue weighted by Crippen LogP contribution is -2.43. The third kappa shape index (κ3) is 75.1. The first-order valence-corrected chi connectivity index (χ1v) is 42.3. The van der Waals surface area contributed by atoms with Gasteiger partial charge in [-0.1, -0.05) is 336 Å². The van der Waals surface area contributed by atoms with Gasteiger partial charge in [0.05, 0.1) is 25.7 Å². The van der Waals surface area contributed by atoms with Crippen LogP contribution in [0, 0.1) is 0 Å². The number of carbonyl (C=O) groups is 2. The lowest BCUT2D eigenvalue weighted by Gasteiger charge is -2.37. The second-order valence-corrected chi connectivity index (χ2v) is 32.0. The molecule has 554 valence electrons. The average Bonchev–Trinajstić information content (AvgIpc) is 0.857. The summed E-state index contributed by atoms with van der Waals surface area (Å²) >= 11 is 0. The molecule has 2 unspecified atom stereocenters. The predicted molar refractivity (Wildman–Crippen MR) is 426 cm³/mol. The van der Waals surface area contributed by atoms with Crippen LogP contribution in [0.4, 0.5) is 0 Å². The van der Waals surface area contributed by atoms with Crippen molar-refractivity contribution in [1.29, 1.82) is 0 Å². The summed E-state index contributed by atoms with van der Waals surface area (Å²) in [5, 5.41) is 9.61. The number of aliphatic hydroxyl groups excluding tert-OH is 1. The predicted octanol–water partition coefficient (Wildman–Crippen LogP) is 27.0. The smallest absolute Gasteiger partial charge is 0.306 e. The Labute approximate surface area is 600 Å². The first kappa shape index (κ1) is 94.1. The van der Waals surface area contributed by atoms with Gasteiger partial charge in [0.1, 0.15) is 13.2 Å². The Morgan fingerprint density at radius 1 is 0.330 bits per heavy atom. The normalized spacial score (nSPS) is 13.6. The van der Waals surface area contributed by atoms with Crippen molar-refractivity contribution in [3.8, 4) is 0 Å². The van der Waals surface area contributed by atoms with E-state index in [1.165, 1.54) is 154 Å². The van der Waals surface area contributed by atoms with Gasteiger partial charge in [-0.15, -0.1) is 0 Å². The van der Waals surface area contributed by atoms with Crippen LogP contribution in [0.5, 0.6) is 0 Å². The summed E-state index contributed by atoms with van der Waals surface area (Å²) in [6.07, 6.45) is 107. The second-order valence-electron chi connectivity index (χ2n) is 27.2. The first-order chi connectivity index (χ1) is 47.4. The van der Waals surface area contributed by atoms with E-state index in [1.54, 1.807) is 12.5 Å². The maximum atomic E-state index is 12.7. The van der Waals surface area contributed by atoms with Crippen molar-refractivity contribution >= 4 is 20.3 Å². The van der Waals surface area contributed by atoms with Crippen LogP contribution in [0.2, 0.25) is 18.1 Å². The molecule has 0 aromatic heterocycles. The molecule has 0 amide bonds. The number of esters is 2. The molecule has 0 aromatic carbocycles. The van der Waals surface area contributed by atoms with Gasteiger partial charge < -0.3 is 28.5 Å². The van der Waals surface area contributed by atoms with Crippen LogP contribution in [0.15, 0.2) is 171 Å². The number of rotatable bonds is 66. The fourth-order valence-electron chi connectivity index (χ4n) is 9.73. The van der Waals surface area contributed by atoms with E-state index in [2.05, 4.69) is 207 Å². The van der Waals surface area contributed by atoms with Gasteiger partial charge >= 0.3 is 11.9 Å². The minimum atomic E-state index is -1.97. The van der Waals surface area contributed by atoms with Gasteiger partial charge in [-0.3, -0.25) is 9.59 Å². The topological polar surface area (TPSA) is 101 Å². The molecule has 0 spiro atoms. The number of carbonyl (C=O) groups excluding carboxylic acids is 2. The van der Waals surface area contributed by atoms with Gasteiger partial charge in [-0.2, -0.15) is 0 Å². The number of aliphatic hydroxyl groups is 1. The fourth-order valence-corrected chi connectivity index (χ4v) is 10.8. The number of hydrogen-bond donors (Lipinski definition) is 1. The van der Waals surface area contributed by atoms with E-state index >= 15 is 0 Å². The Kier molecular flexibility index (Phi) is 74.5. The van der Waals surface area contributed by atoms with Crippen molar-refractivity contribution in [2.45, 2.75) is 348 Å². The highest BCUT2D eigenvalue weighted by Gasteiger charge is 2.38. The van der Waals surface area contributed by atoms with Gasteiger partial charge in [0.2, 0.25) is 0 Å². The van der Waals surface area contributed by atoms with Gasteiger partial charge in [0.15, 0.2) is 20.5 Å². The van der Waals surface area contributed by atoms with Crippen molar-refractivity contribution < 1.29 is 38.1 Å². The molecule has 97 heavy (non-hydrogen) atoms.